The lowest BCUT2D eigenvalue weighted by molar-refractivity contribution is 0.0770. The van der Waals surface area contributed by atoms with Gasteiger partial charge in [-0.25, -0.2) is 0 Å². The van der Waals surface area contributed by atoms with E-state index >= 15 is 0 Å². The third-order valence-corrected chi connectivity index (χ3v) is 7.35. The molecule has 3 heterocycles. The zero-order chi connectivity index (χ0) is 30.7. The Hall–Kier alpha value is -4.28. The molecule has 10 N–H and O–H groups in total. The molecular formula is C28H39N11O4. The summed E-state index contributed by atoms with van der Waals surface area (Å²) in [6.45, 7) is 2.15. The Morgan fingerprint density at radius 2 is 1.47 bits per heavy atom. The van der Waals surface area contributed by atoms with Gasteiger partial charge >= 0.3 is 0 Å². The van der Waals surface area contributed by atoms with Crippen molar-refractivity contribution in [3.05, 3.63) is 48.0 Å². The van der Waals surface area contributed by atoms with E-state index in [1.165, 1.54) is 26.4 Å². The van der Waals surface area contributed by atoms with E-state index in [1.54, 1.807) is 30.3 Å². The zero-order valence-electron chi connectivity index (χ0n) is 24.3. The summed E-state index contributed by atoms with van der Waals surface area (Å²) in [5, 5.41) is 15.1. The van der Waals surface area contributed by atoms with Gasteiger partial charge in [0.15, 0.2) is 0 Å². The first kappa shape index (κ1) is 30.2. The molecule has 0 unspecified atom stereocenters. The summed E-state index contributed by atoms with van der Waals surface area (Å²) in [6, 6.07) is 10.9. The molecule has 2 aromatic carbocycles. The highest BCUT2D eigenvalue weighted by Gasteiger charge is 2.29. The molecule has 0 aliphatic carbocycles. The summed E-state index contributed by atoms with van der Waals surface area (Å²) in [4.78, 5) is 36.5. The Morgan fingerprint density at radius 3 is 1.98 bits per heavy atom. The van der Waals surface area contributed by atoms with Crippen LogP contribution in [0.25, 0.3) is 0 Å². The van der Waals surface area contributed by atoms with Crippen LogP contribution in [0.2, 0.25) is 0 Å². The number of phenols is 1. The first-order valence-electron chi connectivity index (χ1n) is 14.0. The summed E-state index contributed by atoms with van der Waals surface area (Å²) in [6.07, 6.45) is 1.41. The van der Waals surface area contributed by atoms with Gasteiger partial charge in [0.05, 0.1) is 25.5 Å². The number of aromatic nitrogens is 3. The third kappa shape index (κ3) is 7.03. The maximum absolute atomic E-state index is 13.3. The van der Waals surface area contributed by atoms with Crippen molar-refractivity contribution in [3.63, 3.8) is 0 Å². The highest BCUT2D eigenvalue weighted by atomic mass is 16.7. The van der Waals surface area contributed by atoms with E-state index in [2.05, 4.69) is 15.3 Å². The van der Waals surface area contributed by atoms with Crippen molar-refractivity contribution >= 4 is 35.1 Å². The minimum absolute atomic E-state index is 0.0276. The Labute approximate surface area is 249 Å². The summed E-state index contributed by atoms with van der Waals surface area (Å²) in [7, 11) is 2.89. The van der Waals surface area contributed by atoms with Gasteiger partial charge in [-0.1, -0.05) is 6.07 Å². The number of methoxy groups -OCH3 is 1. The van der Waals surface area contributed by atoms with Crippen molar-refractivity contribution in [2.45, 2.75) is 37.0 Å². The molecule has 3 aromatic rings. The Bertz CT molecular complexity index is 1380. The van der Waals surface area contributed by atoms with Crippen LogP contribution in [0, 0.1) is 0 Å². The largest absolute Gasteiger partial charge is 0.507 e. The van der Waals surface area contributed by atoms with Crippen LogP contribution >= 0.6 is 0 Å². The predicted molar refractivity (Wildman–Crippen MR) is 164 cm³/mol. The standard InChI is InChI=1S/C28H39N11O4/c1-42-22-5-3-4-21(11-22)39(43-2)25(41)23-7-6-20(10-24(23)40)33-26-34-27(37-12-16(29)8-17(30)13-37)36-28(35-26)38-14-18(31)9-19(32)15-38/h3-7,10-11,16-19,40H,8-9,12-15,29-32H2,1-2H3,(H,33,34,35,36)/t16-,17+,18-,19+. The lowest BCUT2D eigenvalue weighted by atomic mass is 10.0. The molecule has 5 rings (SSSR count). The van der Waals surface area contributed by atoms with Crippen LogP contribution in [-0.2, 0) is 4.84 Å². The molecule has 2 fully saturated rings. The summed E-state index contributed by atoms with van der Waals surface area (Å²) >= 11 is 0. The van der Waals surface area contributed by atoms with Gasteiger partial charge in [-0.05, 0) is 37.1 Å². The van der Waals surface area contributed by atoms with Gasteiger partial charge in [-0.3, -0.25) is 9.63 Å². The number of piperidine rings is 2. The van der Waals surface area contributed by atoms with Crippen LogP contribution in [0.4, 0.5) is 29.2 Å². The molecule has 0 bridgehead atoms. The number of aromatic hydroxyl groups is 1. The van der Waals surface area contributed by atoms with Gasteiger partial charge in [-0.15, -0.1) is 0 Å². The van der Waals surface area contributed by atoms with E-state index in [-0.39, 0.29) is 41.4 Å². The number of carbonyl (C=O) groups is 1. The molecule has 0 saturated carbocycles. The molecule has 15 nitrogen and oxygen atoms in total. The highest BCUT2D eigenvalue weighted by molar-refractivity contribution is 6.06. The molecule has 0 radical (unpaired) electrons. The number of hydroxylamine groups is 1. The topological polar surface area (TPSA) is 220 Å². The molecule has 4 atom stereocenters. The van der Waals surface area contributed by atoms with Crippen molar-refractivity contribution < 1.29 is 19.5 Å². The number of hydrogen-bond donors (Lipinski definition) is 6. The highest BCUT2D eigenvalue weighted by Crippen LogP contribution is 2.29. The molecule has 43 heavy (non-hydrogen) atoms. The third-order valence-electron chi connectivity index (χ3n) is 7.35. The van der Waals surface area contributed by atoms with Crippen molar-refractivity contribution in [1.29, 1.82) is 0 Å². The van der Waals surface area contributed by atoms with Crippen LogP contribution in [0.3, 0.4) is 0 Å². The first-order chi connectivity index (χ1) is 20.6. The quantitative estimate of drug-likeness (QED) is 0.193. The van der Waals surface area contributed by atoms with Gasteiger partial charge < -0.3 is 47.9 Å². The Kier molecular flexibility index (Phi) is 9.08. The van der Waals surface area contributed by atoms with Crippen LogP contribution in [0.15, 0.2) is 42.5 Å². The lowest BCUT2D eigenvalue weighted by Crippen LogP contribution is -2.54. The maximum Gasteiger partial charge on any atom is 0.285 e. The number of ether oxygens (including phenoxy) is 1. The normalized spacial score (nSPS) is 22.3. The zero-order valence-corrected chi connectivity index (χ0v) is 24.3. The SMILES string of the molecule is COc1cccc(N(OC)C(=O)c2ccc(Nc3nc(N4C[C@H](N)C[C@H](N)C4)nc(N4C[C@H](N)C[C@H](N)C4)n3)cc2O)c1. The lowest BCUT2D eigenvalue weighted by Gasteiger charge is -2.37. The number of benzene rings is 2. The van der Waals surface area contributed by atoms with Crippen molar-refractivity contribution in [2.75, 3.05) is 60.6 Å². The molecule has 2 aliphatic rings. The molecule has 230 valence electrons. The first-order valence-corrected chi connectivity index (χ1v) is 14.0. The number of phenolic OH excluding ortho intramolecular Hbond substituents is 1. The van der Waals surface area contributed by atoms with Crippen LogP contribution < -0.4 is 47.9 Å². The number of nitrogens with two attached hydrogens (primary N) is 4. The van der Waals surface area contributed by atoms with Crippen LogP contribution in [0.5, 0.6) is 11.5 Å². The Balaban J connectivity index is 1.42. The van der Waals surface area contributed by atoms with Gasteiger partial charge in [0.25, 0.3) is 5.91 Å². The minimum atomic E-state index is -0.569. The molecular weight excluding hydrogens is 554 g/mol. The molecule has 1 aromatic heterocycles. The summed E-state index contributed by atoms with van der Waals surface area (Å²) < 4.78 is 5.25. The monoisotopic (exact) mass is 593 g/mol. The molecule has 1 amide bonds. The predicted octanol–water partition coefficient (Wildman–Crippen LogP) is 0.267. The average molecular weight is 594 g/mol. The fourth-order valence-corrected chi connectivity index (χ4v) is 5.45. The number of carbonyl (C=O) groups excluding carboxylic acids is 1. The second-order valence-corrected chi connectivity index (χ2v) is 10.9. The molecule has 2 aliphatic heterocycles. The van der Waals surface area contributed by atoms with Gasteiger partial charge in [0.1, 0.15) is 11.5 Å². The van der Waals surface area contributed by atoms with Crippen molar-refractivity contribution in [3.8, 4) is 11.5 Å². The van der Waals surface area contributed by atoms with E-state index < -0.39 is 5.91 Å². The van der Waals surface area contributed by atoms with E-state index in [0.29, 0.717) is 68.0 Å². The summed E-state index contributed by atoms with van der Waals surface area (Å²) in [5.74, 6) is 0.769. The van der Waals surface area contributed by atoms with Gasteiger partial charge in [0, 0.05) is 68.2 Å². The van der Waals surface area contributed by atoms with E-state index in [4.69, 9.17) is 37.5 Å². The second-order valence-electron chi connectivity index (χ2n) is 10.9. The van der Waals surface area contributed by atoms with E-state index in [0.717, 1.165) is 5.06 Å². The number of anilines is 5. The number of amides is 1. The summed E-state index contributed by atoms with van der Waals surface area (Å²) in [5.41, 5.74) is 25.9. The maximum atomic E-state index is 13.3. The number of hydrogen-bond acceptors (Lipinski definition) is 14. The van der Waals surface area contributed by atoms with Crippen molar-refractivity contribution in [2.24, 2.45) is 22.9 Å². The number of rotatable bonds is 8. The fourth-order valence-electron chi connectivity index (χ4n) is 5.45. The van der Waals surface area contributed by atoms with E-state index in [1.807, 2.05) is 9.80 Å². The van der Waals surface area contributed by atoms with Crippen LogP contribution in [0.1, 0.15) is 23.2 Å². The van der Waals surface area contributed by atoms with Crippen molar-refractivity contribution in [1.82, 2.24) is 15.0 Å². The van der Waals surface area contributed by atoms with Crippen LogP contribution in [-0.4, -0.2) is 90.5 Å². The average Bonchev–Trinajstić information content (AvgIpc) is 2.96. The smallest absolute Gasteiger partial charge is 0.285 e. The van der Waals surface area contributed by atoms with E-state index in [9.17, 15) is 9.90 Å². The molecule has 2 saturated heterocycles. The molecule has 15 heteroatoms. The Morgan fingerprint density at radius 1 is 0.884 bits per heavy atom. The fraction of sp³-hybridized carbons (Fsp3) is 0.429. The number of nitrogens with one attached hydrogen (secondary N) is 1. The second kappa shape index (κ2) is 12.9. The minimum Gasteiger partial charge on any atom is -0.507 e. The van der Waals surface area contributed by atoms with Gasteiger partial charge in [0.2, 0.25) is 17.8 Å². The van der Waals surface area contributed by atoms with Gasteiger partial charge in [-0.2, -0.15) is 20.0 Å². The number of nitrogens with zero attached hydrogens (tertiary/aromatic N) is 6. The molecule has 0 spiro atoms.